The lowest BCUT2D eigenvalue weighted by Crippen LogP contribution is -2.57. The number of halogens is 1. The van der Waals surface area contributed by atoms with Gasteiger partial charge in [0.15, 0.2) is 0 Å². The monoisotopic (exact) mass is 205 g/mol. The standard InChI is InChI=1S/C9H16FNO3/c1-5(13)2-6-3-11-7(4-12)8(10)9(6)14/h6-9,11-12,14H,2-4H2,1H3/t6-,7+,8-,9+/m0/s1. The molecule has 3 N–H and O–H groups in total. The molecule has 1 rings (SSSR count). The summed E-state index contributed by atoms with van der Waals surface area (Å²) in [7, 11) is 0. The molecule has 5 heteroatoms. The fourth-order valence-corrected chi connectivity index (χ4v) is 1.76. The van der Waals surface area contributed by atoms with Crippen molar-refractivity contribution in [3.05, 3.63) is 0 Å². The van der Waals surface area contributed by atoms with Crippen LogP contribution in [0.25, 0.3) is 0 Å². The van der Waals surface area contributed by atoms with Gasteiger partial charge in [-0.15, -0.1) is 0 Å². The van der Waals surface area contributed by atoms with Crippen molar-refractivity contribution in [1.82, 2.24) is 5.32 Å². The van der Waals surface area contributed by atoms with Gasteiger partial charge in [-0.05, 0) is 6.92 Å². The Morgan fingerprint density at radius 3 is 2.79 bits per heavy atom. The zero-order valence-electron chi connectivity index (χ0n) is 8.11. The Balaban J connectivity index is 2.54. The van der Waals surface area contributed by atoms with Crippen LogP contribution >= 0.6 is 0 Å². The van der Waals surface area contributed by atoms with Crippen LogP contribution in [0.2, 0.25) is 0 Å². The van der Waals surface area contributed by atoms with Gasteiger partial charge in [0, 0.05) is 18.9 Å². The number of Topliss-reactive ketones (excluding diaryl/α,β-unsaturated/α-hetero) is 1. The molecule has 0 radical (unpaired) electrons. The molecule has 4 atom stereocenters. The number of carbonyl (C=O) groups excluding carboxylic acids is 1. The Bertz CT molecular complexity index is 212. The molecule has 14 heavy (non-hydrogen) atoms. The summed E-state index contributed by atoms with van der Waals surface area (Å²) in [6.45, 7) is 1.44. The van der Waals surface area contributed by atoms with Crippen LogP contribution in [0.4, 0.5) is 4.39 Å². The first-order chi connectivity index (χ1) is 6.56. The molecule has 0 bridgehead atoms. The van der Waals surface area contributed by atoms with Crippen molar-refractivity contribution in [2.24, 2.45) is 5.92 Å². The molecule has 0 spiro atoms. The Hall–Kier alpha value is -0.520. The number of ketones is 1. The van der Waals surface area contributed by atoms with E-state index in [-0.39, 0.29) is 24.7 Å². The minimum atomic E-state index is -1.50. The number of piperidine rings is 1. The molecule has 1 fully saturated rings. The minimum absolute atomic E-state index is 0.0644. The highest BCUT2D eigenvalue weighted by Gasteiger charge is 2.38. The van der Waals surface area contributed by atoms with Gasteiger partial charge in [-0.1, -0.05) is 0 Å². The van der Waals surface area contributed by atoms with Crippen molar-refractivity contribution in [2.45, 2.75) is 31.7 Å². The molecule has 0 unspecified atom stereocenters. The van der Waals surface area contributed by atoms with Crippen molar-refractivity contribution in [3.8, 4) is 0 Å². The largest absolute Gasteiger partial charge is 0.395 e. The average molecular weight is 205 g/mol. The molecule has 0 aromatic heterocycles. The number of hydrogen-bond donors (Lipinski definition) is 3. The summed E-state index contributed by atoms with van der Waals surface area (Å²) < 4.78 is 13.4. The number of aliphatic hydroxyl groups excluding tert-OH is 2. The maximum absolute atomic E-state index is 13.4. The fourth-order valence-electron chi connectivity index (χ4n) is 1.76. The van der Waals surface area contributed by atoms with Gasteiger partial charge in [0.25, 0.3) is 0 Å². The van der Waals surface area contributed by atoms with E-state index in [4.69, 9.17) is 5.11 Å². The predicted molar refractivity (Wildman–Crippen MR) is 48.6 cm³/mol. The summed E-state index contributed by atoms with van der Waals surface area (Å²) in [5, 5.41) is 21.0. The predicted octanol–water partition coefficient (Wildman–Crippen LogP) is -0.755. The summed E-state index contributed by atoms with van der Waals surface area (Å²) in [6.07, 6.45) is -2.48. The molecule has 1 aliphatic rings. The van der Waals surface area contributed by atoms with Crippen LogP contribution in [-0.4, -0.2) is 47.5 Å². The second-order valence-corrected chi connectivity index (χ2v) is 3.80. The molecule has 0 amide bonds. The highest BCUT2D eigenvalue weighted by molar-refractivity contribution is 5.75. The average Bonchev–Trinajstić information content (AvgIpc) is 2.13. The maximum atomic E-state index is 13.4. The van der Waals surface area contributed by atoms with Crippen LogP contribution in [0.3, 0.4) is 0 Å². The highest BCUT2D eigenvalue weighted by Crippen LogP contribution is 2.21. The molecule has 82 valence electrons. The summed E-state index contributed by atoms with van der Waals surface area (Å²) in [5.74, 6) is -0.448. The van der Waals surface area contributed by atoms with E-state index in [2.05, 4.69) is 5.32 Å². The quantitative estimate of drug-likeness (QED) is 0.566. The molecular weight excluding hydrogens is 189 g/mol. The first-order valence-electron chi connectivity index (χ1n) is 4.72. The highest BCUT2D eigenvalue weighted by atomic mass is 19.1. The van der Waals surface area contributed by atoms with E-state index in [9.17, 15) is 14.3 Å². The van der Waals surface area contributed by atoms with E-state index in [1.165, 1.54) is 6.92 Å². The molecule has 0 aromatic rings. The lowest BCUT2D eigenvalue weighted by molar-refractivity contribution is -0.120. The lowest BCUT2D eigenvalue weighted by Gasteiger charge is -2.35. The van der Waals surface area contributed by atoms with Crippen LogP contribution < -0.4 is 5.32 Å². The van der Waals surface area contributed by atoms with Gasteiger partial charge in [-0.25, -0.2) is 4.39 Å². The fraction of sp³-hybridized carbons (Fsp3) is 0.889. The minimum Gasteiger partial charge on any atom is -0.395 e. The first-order valence-corrected chi connectivity index (χ1v) is 4.72. The lowest BCUT2D eigenvalue weighted by atomic mass is 9.87. The molecule has 0 aliphatic carbocycles. The second kappa shape index (κ2) is 4.82. The molecule has 1 heterocycles. The normalized spacial score (nSPS) is 38.3. The third kappa shape index (κ3) is 2.50. The van der Waals surface area contributed by atoms with Gasteiger partial charge >= 0.3 is 0 Å². The van der Waals surface area contributed by atoms with Gasteiger partial charge in [-0.2, -0.15) is 0 Å². The third-order valence-corrected chi connectivity index (χ3v) is 2.58. The number of alkyl halides is 1. The number of hydrogen-bond acceptors (Lipinski definition) is 4. The van der Waals surface area contributed by atoms with Gasteiger partial charge in [0.05, 0.1) is 18.8 Å². The topological polar surface area (TPSA) is 69.6 Å². The molecule has 0 aromatic carbocycles. The Morgan fingerprint density at radius 2 is 2.29 bits per heavy atom. The van der Waals surface area contributed by atoms with E-state index < -0.39 is 18.3 Å². The van der Waals surface area contributed by atoms with Gasteiger partial charge in [0.1, 0.15) is 12.0 Å². The van der Waals surface area contributed by atoms with Crippen LogP contribution in [0.15, 0.2) is 0 Å². The summed E-state index contributed by atoms with van der Waals surface area (Å²) >= 11 is 0. The molecular formula is C9H16FNO3. The zero-order chi connectivity index (χ0) is 10.7. The van der Waals surface area contributed by atoms with Crippen molar-refractivity contribution in [2.75, 3.05) is 13.2 Å². The molecule has 4 nitrogen and oxygen atoms in total. The van der Waals surface area contributed by atoms with Gasteiger partial charge < -0.3 is 20.3 Å². The SMILES string of the molecule is CC(=O)C[C@H]1CN[C@H](CO)[C@H](F)[C@@H]1O. The summed E-state index contributed by atoms with van der Waals surface area (Å²) in [6, 6.07) is -0.715. The number of nitrogens with one attached hydrogen (secondary N) is 1. The van der Waals surface area contributed by atoms with Gasteiger partial charge in [-0.3, -0.25) is 0 Å². The Kier molecular flexibility index (Phi) is 3.97. The van der Waals surface area contributed by atoms with Crippen molar-refractivity contribution >= 4 is 5.78 Å². The van der Waals surface area contributed by atoms with E-state index in [0.29, 0.717) is 6.54 Å². The molecule has 0 saturated carbocycles. The first kappa shape index (κ1) is 11.6. The van der Waals surface area contributed by atoms with Crippen molar-refractivity contribution in [1.29, 1.82) is 0 Å². The summed E-state index contributed by atoms with van der Waals surface area (Å²) in [5.41, 5.74) is 0. The number of aliphatic hydroxyl groups is 2. The van der Waals surface area contributed by atoms with Crippen molar-refractivity contribution in [3.63, 3.8) is 0 Å². The summed E-state index contributed by atoms with van der Waals surface area (Å²) in [4.78, 5) is 10.8. The number of carbonyl (C=O) groups is 1. The third-order valence-electron chi connectivity index (χ3n) is 2.58. The van der Waals surface area contributed by atoms with Gasteiger partial charge in [0.2, 0.25) is 0 Å². The van der Waals surface area contributed by atoms with Crippen LogP contribution in [0, 0.1) is 5.92 Å². The van der Waals surface area contributed by atoms with E-state index in [1.807, 2.05) is 0 Å². The van der Waals surface area contributed by atoms with E-state index in [1.54, 1.807) is 0 Å². The van der Waals surface area contributed by atoms with Crippen LogP contribution in [0.1, 0.15) is 13.3 Å². The maximum Gasteiger partial charge on any atom is 0.144 e. The van der Waals surface area contributed by atoms with E-state index >= 15 is 0 Å². The second-order valence-electron chi connectivity index (χ2n) is 3.80. The zero-order valence-corrected chi connectivity index (χ0v) is 8.11. The molecule has 1 saturated heterocycles. The van der Waals surface area contributed by atoms with Crippen molar-refractivity contribution < 1.29 is 19.4 Å². The smallest absolute Gasteiger partial charge is 0.144 e. The van der Waals surface area contributed by atoms with E-state index in [0.717, 1.165) is 0 Å². The molecule has 1 aliphatic heterocycles. The Labute approximate surface area is 82.1 Å². The number of rotatable bonds is 3. The van der Waals surface area contributed by atoms with Crippen LogP contribution in [-0.2, 0) is 4.79 Å². The van der Waals surface area contributed by atoms with Crippen LogP contribution in [0.5, 0.6) is 0 Å². The Morgan fingerprint density at radius 1 is 1.64 bits per heavy atom.